The van der Waals surface area contributed by atoms with Gasteiger partial charge in [-0.1, -0.05) is 0 Å². The number of rotatable bonds is 3. The molecule has 1 N–H and O–H groups in total. The summed E-state index contributed by atoms with van der Waals surface area (Å²) < 4.78 is 25.8. The van der Waals surface area contributed by atoms with Gasteiger partial charge in [-0.3, -0.25) is 4.79 Å². The summed E-state index contributed by atoms with van der Waals surface area (Å²) >= 11 is 0. The van der Waals surface area contributed by atoms with Crippen molar-refractivity contribution in [2.45, 2.75) is 37.6 Å². The summed E-state index contributed by atoms with van der Waals surface area (Å²) in [6.07, 6.45) is 4.51. The van der Waals surface area contributed by atoms with Crippen molar-refractivity contribution in [2.75, 3.05) is 0 Å². The lowest BCUT2D eigenvalue weighted by Crippen LogP contribution is -2.34. The molecule has 0 saturated heterocycles. The standard InChI is InChI=1S/C11H13F2N3O/c12-11(13)2-1-9(4-11)16-10(17)3-8-5-14-7-15-6-8/h5-7,9H,1-4H2,(H,16,17)/t9-/m0/s1. The van der Waals surface area contributed by atoms with Gasteiger partial charge in [0.15, 0.2) is 0 Å². The van der Waals surface area contributed by atoms with Crippen LogP contribution in [0.1, 0.15) is 24.8 Å². The molecule has 4 nitrogen and oxygen atoms in total. The Balaban J connectivity index is 1.83. The van der Waals surface area contributed by atoms with Gasteiger partial charge in [-0.15, -0.1) is 0 Å². The first-order valence-electron chi connectivity index (χ1n) is 5.46. The Labute approximate surface area is 97.5 Å². The number of aromatic nitrogens is 2. The molecule has 92 valence electrons. The predicted molar refractivity (Wildman–Crippen MR) is 56.5 cm³/mol. The Morgan fingerprint density at radius 2 is 2.18 bits per heavy atom. The average Bonchev–Trinajstić information content (AvgIpc) is 2.59. The SMILES string of the molecule is O=C(Cc1cncnc1)N[C@H]1CCC(F)(F)C1. The lowest BCUT2D eigenvalue weighted by atomic mass is 10.2. The fraction of sp³-hybridized carbons (Fsp3) is 0.545. The van der Waals surface area contributed by atoms with Crippen molar-refractivity contribution in [2.24, 2.45) is 0 Å². The Morgan fingerprint density at radius 1 is 1.47 bits per heavy atom. The predicted octanol–water partition coefficient (Wildman–Crippen LogP) is 1.32. The molecular formula is C11H13F2N3O. The normalized spacial score (nSPS) is 22.4. The van der Waals surface area contributed by atoms with Crippen molar-refractivity contribution in [1.82, 2.24) is 15.3 Å². The van der Waals surface area contributed by atoms with E-state index in [1.54, 1.807) is 0 Å². The largest absolute Gasteiger partial charge is 0.353 e. The van der Waals surface area contributed by atoms with Crippen LogP contribution in [0.5, 0.6) is 0 Å². The van der Waals surface area contributed by atoms with E-state index in [2.05, 4.69) is 15.3 Å². The summed E-state index contributed by atoms with van der Waals surface area (Å²) in [6.45, 7) is 0. The zero-order chi connectivity index (χ0) is 12.3. The van der Waals surface area contributed by atoms with Crippen molar-refractivity contribution < 1.29 is 13.6 Å². The fourth-order valence-corrected chi connectivity index (χ4v) is 1.96. The Hall–Kier alpha value is -1.59. The number of hydrogen-bond donors (Lipinski definition) is 1. The van der Waals surface area contributed by atoms with E-state index in [4.69, 9.17) is 0 Å². The second kappa shape index (κ2) is 4.73. The third-order valence-corrected chi connectivity index (χ3v) is 2.75. The molecule has 1 aliphatic carbocycles. The molecule has 1 amide bonds. The molecule has 1 aromatic rings. The van der Waals surface area contributed by atoms with Gasteiger partial charge in [-0.05, 0) is 12.0 Å². The lowest BCUT2D eigenvalue weighted by Gasteiger charge is -2.12. The summed E-state index contributed by atoms with van der Waals surface area (Å²) in [5.74, 6) is -2.89. The van der Waals surface area contributed by atoms with Crippen LogP contribution in [0.3, 0.4) is 0 Å². The van der Waals surface area contributed by atoms with Gasteiger partial charge in [0.1, 0.15) is 6.33 Å². The highest BCUT2D eigenvalue weighted by Crippen LogP contribution is 2.34. The average molecular weight is 241 g/mol. The lowest BCUT2D eigenvalue weighted by molar-refractivity contribution is -0.121. The topological polar surface area (TPSA) is 54.9 Å². The zero-order valence-electron chi connectivity index (χ0n) is 9.20. The molecule has 1 heterocycles. The zero-order valence-corrected chi connectivity index (χ0v) is 9.20. The van der Waals surface area contributed by atoms with E-state index in [0.29, 0.717) is 12.0 Å². The van der Waals surface area contributed by atoms with Gasteiger partial charge in [0, 0.05) is 31.3 Å². The number of carbonyl (C=O) groups is 1. The van der Waals surface area contributed by atoms with E-state index in [1.807, 2.05) is 0 Å². The minimum absolute atomic E-state index is 0.128. The maximum Gasteiger partial charge on any atom is 0.250 e. The Morgan fingerprint density at radius 3 is 2.76 bits per heavy atom. The van der Waals surface area contributed by atoms with Crippen LogP contribution in [-0.4, -0.2) is 27.8 Å². The van der Waals surface area contributed by atoms with E-state index < -0.39 is 12.0 Å². The number of nitrogens with zero attached hydrogens (tertiary/aromatic N) is 2. The molecule has 0 unspecified atom stereocenters. The van der Waals surface area contributed by atoms with E-state index in [1.165, 1.54) is 18.7 Å². The molecule has 0 aliphatic heterocycles. The van der Waals surface area contributed by atoms with Gasteiger partial charge in [0.2, 0.25) is 11.8 Å². The molecule has 0 aromatic carbocycles. The highest BCUT2D eigenvalue weighted by molar-refractivity contribution is 5.78. The number of hydrogen-bond acceptors (Lipinski definition) is 3. The molecule has 1 atom stereocenters. The molecule has 2 rings (SSSR count). The van der Waals surface area contributed by atoms with E-state index in [-0.39, 0.29) is 25.2 Å². The molecule has 0 bridgehead atoms. The summed E-state index contributed by atoms with van der Waals surface area (Å²) in [5, 5.41) is 2.61. The first kappa shape index (κ1) is 11.9. The van der Waals surface area contributed by atoms with Crippen molar-refractivity contribution in [3.63, 3.8) is 0 Å². The van der Waals surface area contributed by atoms with Crippen LogP contribution < -0.4 is 5.32 Å². The second-order valence-corrected chi connectivity index (χ2v) is 4.29. The van der Waals surface area contributed by atoms with Crippen LogP contribution in [-0.2, 0) is 11.2 Å². The number of halogens is 2. The first-order valence-corrected chi connectivity index (χ1v) is 5.46. The number of carbonyl (C=O) groups excluding carboxylic acids is 1. The highest BCUT2D eigenvalue weighted by Gasteiger charge is 2.39. The van der Waals surface area contributed by atoms with E-state index in [0.717, 1.165) is 0 Å². The quantitative estimate of drug-likeness (QED) is 0.868. The number of nitrogens with one attached hydrogen (secondary N) is 1. The van der Waals surface area contributed by atoms with Crippen molar-refractivity contribution >= 4 is 5.91 Å². The van der Waals surface area contributed by atoms with Gasteiger partial charge >= 0.3 is 0 Å². The molecule has 1 aliphatic rings. The third-order valence-electron chi connectivity index (χ3n) is 2.75. The molecule has 6 heteroatoms. The molecule has 0 radical (unpaired) electrons. The van der Waals surface area contributed by atoms with Gasteiger partial charge in [-0.25, -0.2) is 18.7 Å². The number of alkyl halides is 2. The fourth-order valence-electron chi connectivity index (χ4n) is 1.96. The minimum Gasteiger partial charge on any atom is -0.353 e. The molecule has 17 heavy (non-hydrogen) atoms. The van der Waals surface area contributed by atoms with Crippen molar-refractivity contribution in [3.05, 3.63) is 24.3 Å². The summed E-state index contributed by atoms with van der Waals surface area (Å²) in [5.41, 5.74) is 0.676. The van der Waals surface area contributed by atoms with Crippen LogP contribution >= 0.6 is 0 Å². The monoisotopic (exact) mass is 241 g/mol. The number of amides is 1. The molecule has 1 aromatic heterocycles. The van der Waals surface area contributed by atoms with Crippen molar-refractivity contribution in [1.29, 1.82) is 0 Å². The summed E-state index contributed by atoms with van der Waals surface area (Å²) in [7, 11) is 0. The van der Waals surface area contributed by atoms with Gasteiger partial charge in [-0.2, -0.15) is 0 Å². The van der Waals surface area contributed by atoms with Crippen LogP contribution in [0.4, 0.5) is 8.78 Å². The summed E-state index contributed by atoms with van der Waals surface area (Å²) in [4.78, 5) is 19.1. The molecule has 1 saturated carbocycles. The van der Waals surface area contributed by atoms with Crippen LogP contribution in [0.15, 0.2) is 18.7 Å². The Kier molecular flexibility index (Phi) is 3.31. The molecule has 1 fully saturated rings. The van der Waals surface area contributed by atoms with E-state index in [9.17, 15) is 13.6 Å². The van der Waals surface area contributed by atoms with Crippen LogP contribution in [0.25, 0.3) is 0 Å². The van der Waals surface area contributed by atoms with Crippen LogP contribution in [0.2, 0.25) is 0 Å². The maximum absolute atomic E-state index is 12.9. The Bertz CT molecular complexity index is 397. The first-order chi connectivity index (χ1) is 8.05. The minimum atomic E-state index is -2.63. The molecule has 0 spiro atoms. The smallest absolute Gasteiger partial charge is 0.250 e. The van der Waals surface area contributed by atoms with Gasteiger partial charge in [0.25, 0.3) is 0 Å². The maximum atomic E-state index is 12.9. The highest BCUT2D eigenvalue weighted by atomic mass is 19.3. The molecular weight excluding hydrogens is 228 g/mol. The van der Waals surface area contributed by atoms with E-state index >= 15 is 0 Å². The third kappa shape index (κ3) is 3.44. The second-order valence-electron chi connectivity index (χ2n) is 4.29. The van der Waals surface area contributed by atoms with Crippen molar-refractivity contribution in [3.8, 4) is 0 Å². The van der Waals surface area contributed by atoms with Gasteiger partial charge in [0.05, 0.1) is 6.42 Å². The van der Waals surface area contributed by atoms with Gasteiger partial charge < -0.3 is 5.32 Å². The summed E-state index contributed by atoms with van der Waals surface area (Å²) in [6, 6.07) is -0.415. The van der Waals surface area contributed by atoms with Crippen LogP contribution in [0, 0.1) is 0 Å².